The zero-order valence-electron chi connectivity index (χ0n) is 11.1. The molecule has 0 saturated heterocycles. The van der Waals surface area contributed by atoms with Crippen LogP contribution in [-0.4, -0.2) is 51.2 Å². The molecule has 0 bridgehead atoms. The maximum atomic E-state index is 8.55. The van der Waals surface area contributed by atoms with Crippen molar-refractivity contribution in [2.45, 2.75) is 6.42 Å². The molecule has 0 amide bonds. The molecule has 2 rings (SSSR count). The van der Waals surface area contributed by atoms with E-state index < -0.39 is 0 Å². The lowest BCUT2D eigenvalue weighted by atomic mass is 10.1. The first-order valence-corrected chi connectivity index (χ1v) is 6.68. The number of rotatable bonds is 8. The van der Waals surface area contributed by atoms with Gasteiger partial charge in [-0.05, 0) is 30.7 Å². The van der Waals surface area contributed by atoms with Crippen molar-refractivity contribution in [1.29, 1.82) is 0 Å². The van der Waals surface area contributed by atoms with Gasteiger partial charge < -0.3 is 24.6 Å². The van der Waals surface area contributed by atoms with Crippen LogP contribution in [0.1, 0.15) is 5.56 Å². The van der Waals surface area contributed by atoms with Gasteiger partial charge in [0.1, 0.15) is 13.2 Å². The molecule has 0 atom stereocenters. The Labute approximate surface area is 113 Å². The van der Waals surface area contributed by atoms with Gasteiger partial charge in [-0.15, -0.1) is 0 Å². The zero-order chi connectivity index (χ0) is 13.3. The van der Waals surface area contributed by atoms with Crippen molar-refractivity contribution in [3.8, 4) is 11.5 Å². The number of aliphatic hydroxyl groups is 1. The summed E-state index contributed by atoms with van der Waals surface area (Å²) in [5, 5.41) is 11.8. The second-order valence-corrected chi connectivity index (χ2v) is 4.31. The van der Waals surface area contributed by atoms with Crippen LogP contribution in [0.25, 0.3) is 0 Å². The highest BCUT2D eigenvalue weighted by Gasteiger charge is 2.11. The minimum Gasteiger partial charge on any atom is -0.486 e. The van der Waals surface area contributed by atoms with Crippen LogP contribution in [0.3, 0.4) is 0 Å². The average molecular weight is 267 g/mol. The minimum absolute atomic E-state index is 0.0806. The normalized spacial score (nSPS) is 13.5. The van der Waals surface area contributed by atoms with E-state index in [2.05, 4.69) is 11.4 Å². The number of ether oxygens (including phenoxy) is 3. The lowest BCUT2D eigenvalue weighted by molar-refractivity contribution is 0.0940. The minimum atomic E-state index is 0.0806. The van der Waals surface area contributed by atoms with Gasteiger partial charge in [0, 0.05) is 6.54 Å². The molecule has 0 radical (unpaired) electrons. The molecule has 1 aromatic carbocycles. The Kier molecular flexibility index (Phi) is 5.94. The van der Waals surface area contributed by atoms with E-state index in [9.17, 15) is 0 Å². The van der Waals surface area contributed by atoms with E-state index >= 15 is 0 Å². The molecule has 1 aliphatic heterocycles. The van der Waals surface area contributed by atoms with Crippen molar-refractivity contribution < 1.29 is 19.3 Å². The van der Waals surface area contributed by atoms with E-state index in [-0.39, 0.29) is 6.61 Å². The number of fused-ring (bicyclic) bond motifs is 1. The fourth-order valence-electron chi connectivity index (χ4n) is 1.91. The first-order chi connectivity index (χ1) is 9.40. The third-order valence-electron chi connectivity index (χ3n) is 2.86. The molecule has 0 fully saturated rings. The van der Waals surface area contributed by atoms with E-state index in [4.69, 9.17) is 19.3 Å². The summed E-state index contributed by atoms with van der Waals surface area (Å²) in [7, 11) is 0. The Morgan fingerprint density at radius 2 is 1.95 bits per heavy atom. The van der Waals surface area contributed by atoms with Gasteiger partial charge in [-0.25, -0.2) is 0 Å². The average Bonchev–Trinajstić information content (AvgIpc) is 2.46. The van der Waals surface area contributed by atoms with E-state index in [1.165, 1.54) is 5.56 Å². The summed E-state index contributed by atoms with van der Waals surface area (Å²) in [4.78, 5) is 0. The van der Waals surface area contributed by atoms with E-state index in [1.54, 1.807) is 0 Å². The summed E-state index contributed by atoms with van der Waals surface area (Å²) in [6.45, 7) is 4.05. The van der Waals surface area contributed by atoms with Crippen molar-refractivity contribution in [1.82, 2.24) is 5.32 Å². The Morgan fingerprint density at radius 1 is 1.11 bits per heavy atom. The van der Waals surface area contributed by atoms with Gasteiger partial charge in [0.25, 0.3) is 0 Å². The van der Waals surface area contributed by atoms with Crippen LogP contribution < -0.4 is 14.8 Å². The molecule has 2 N–H and O–H groups in total. The SMILES string of the molecule is OCCOCCNCCc1ccc2c(c1)OCCO2. The number of hydrogen-bond donors (Lipinski definition) is 2. The van der Waals surface area contributed by atoms with E-state index in [0.29, 0.717) is 26.4 Å². The second kappa shape index (κ2) is 7.99. The van der Waals surface area contributed by atoms with Crippen molar-refractivity contribution in [3.63, 3.8) is 0 Å². The standard InChI is InChI=1S/C14H21NO4/c16-6-8-17-7-5-15-4-3-12-1-2-13-14(11-12)19-10-9-18-13/h1-2,11,15-16H,3-10H2. The molecule has 0 spiro atoms. The maximum absolute atomic E-state index is 8.55. The number of hydrogen-bond acceptors (Lipinski definition) is 5. The molecule has 0 unspecified atom stereocenters. The van der Waals surface area contributed by atoms with Crippen LogP contribution in [0.2, 0.25) is 0 Å². The molecule has 1 heterocycles. The summed E-state index contributed by atoms with van der Waals surface area (Å²) in [6, 6.07) is 6.07. The summed E-state index contributed by atoms with van der Waals surface area (Å²) in [5.74, 6) is 1.68. The van der Waals surface area contributed by atoms with Crippen molar-refractivity contribution in [2.75, 3.05) is 46.1 Å². The highest BCUT2D eigenvalue weighted by molar-refractivity contribution is 5.43. The summed E-state index contributed by atoms with van der Waals surface area (Å²) in [6.07, 6.45) is 0.941. The highest BCUT2D eigenvalue weighted by Crippen LogP contribution is 2.30. The van der Waals surface area contributed by atoms with Crippen LogP contribution >= 0.6 is 0 Å². The summed E-state index contributed by atoms with van der Waals surface area (Å²) in [5.41, 5.74) is 1.23. The van der Waals surface area contributed by atoms with Gasteiger partial charge in [-0.3, -0.25) is 0 Å². The Balaban J connectivity index is 1.66. The van der Waals surface area contributed by atoms with Gasteiger partial charge >= 0.3 is 0 Å². The second-order valence-electron chi connectivity index (χ2n) is 4.31. The molecular formula is C14H21NO4. The molecule has 0 saturated carbocycles. The first kappa shape index (κ1) is 14.1. The topological polar surface area (TPSA) is 60.0 Å². The smallest absolute Gasteiger partial charge is 0.161 e. The lowest BCUT2D eigenvalue weighted by Gasteiger charge is -2.18. The number of benzene rings is 1. The Bertz CT molecular complexity index is 384. The lowest BCUT2D eigenvalue weighted by Crippen LogP contribution is -2.23. The zero-order valence-corrected chi connectivity index (χ0v) is 11.1. The van der Waals surface area contributed by atoms with Crippen LogP contribution in [-0.2, 0) is 11.2 Å². The first-order valence-electron chi connectivity index (χ1n) is 6.68. The largest absolute Gasteiger partial charge is 0.486 e. The third-order valence-corrected chi connectivity index (χ3v) is 2.86. The molecular weight excluding hydrogens is 246 g/mol. The van der Waals surface area contributed by atoms with Gasteiger partial charge in [-0.2, -0.15) is 0 Å². The van der Waals surface area contributed by atoms with Crippen molar-refractivity contribution in [3.05, 3.63) is 23.8 Å². The van der Waals surface area contributed by atoms with Gasteiger partial charge in [0.05, 0.1) is 19.8 Å². The third kappa shape index (κ3) is 4.70. The molecule has 0 aromatic heterocycles. The fraction of sp³-hybridized carbons (Fsp3) is 0.571. The highest BCUT2D eigenvalue weighted by atomic mass is 16.6. The van der Waals surface area contributed by atoms with E-state index in [1.807, 2.05) is 12.1 Å². The van der Waals surface area contributed by atoms with Crippen molar-refractivity contribution in [2.24, 2.45) is 0 Å². The Hall–Kier alpha value is -1.30. The predicted molar refractivity (Wildman–Crippen MR) is 71.9 cm³/mol. The molecule has 19 heavy (non-hydrogen) atoms. The molecule has 1 aromatic rings. The summed E-state index contributed by atoms with van der Waals surface area (Å²) >= 11 is 0. The number of nitrogens with one attached hydrogen (secondary N) is 1. The Morgan fingerprint density at radius 3 is 2.79 bits per heavy atom. The molecule has 1 aliphatic rings. The number of aliphatic hydroxyl groups excluding tert-OH is 1. The van der Waals surface area contributed by atoms with Crippen molar-refractivity contribution >= 4 is 0 Å². The van der Waals surface area contributed by atoms with Crippen LogP contribution in [0, 0.1) is 0 Å². The molecule has 106 valence electrons. The van der Waals surface area contributed by atoms with Gasteiger partial charge in [0.15, 0.2) is 11.5 Å². The quantitative estimate of drug-likeness (QED) is 0.675. The molecule has 5 nitrogen and oxygen atoms in total. The molecule has 0 aliphatic carbocycles. The maximum Gasteiger partial charge on any atom is 0.161 e. The monoisotopic (exact) mass is 267 g/mol. The van der Waals surface area contributed by atoms with Gasteiger partial charge in [-0.1, -0.05) is 6.07 Å². The van der Waals surface area contributed by atoms with Crippen LogP contribution in [0.5, 0.6) is 11.5 Å². The van der Waals surface area contributed by atoms with Crippen LogP contribution in [0.4, 0.5) is 0 Å². The fourth-order valence-corrected chi connectivity index (χ4v) is 1.91. The van der Waals surface area contributed by atoms with E-state index in [0.717, 1.165) is 31.0 Å². The molecule has 5 heteroatoms. The summed E-state index contributed by atoms with van der Waals surface area (Å²) < 4.78 is 16.2. The predicted octanol–water partition coefficient (Wildman–Crippen LogP) is 0.599. The van der Waals surface area contributed by atoms with Crippen LogP contribution in [0.15, 0.2) is 18.2 Å². The van der Waals surface area contributed by atoms with Gasteiger partial charge in [0.2, 0.25) is 0 Å².